The molecule has 0 aliphatic heterocycles. The minimum Gasteiger partial charge on any atom is -0.396 e. The quantitative estimate of drug-likeness (QED) is 0.641. The minimum atomic E-state index is -0.0496. The molecule has 2 aromatic rings. The van der Waals surface area contributed by atoms with Crippen molar-refractivity contribution in [1.82, 2.24) is 15.3 Å². The lowest BCUT2D eigenvalue weighted by Gasteiger charge is -2.18. The van der Waals surface area contributed by atoms with Crippen LogP contribution in [-0.2, 0) is 11.2 Å². The molecule has 6 heteroatoms. The molecule has 1 aromatic carbocycles. The van der Waals surface area contributed by atoms with Crippen LogP contribution in [0.5, 0.6) is 0 Å². The number of thioether (sulfide) groups is 1. The Bertz CT molecular complexity index is 658. The van der Waals surface area contributed by atoms with Gasteiger partial charge in [0.25, 0.3) is 0 Å². The van der Waals surface area contributed by atoms with E-state index in [0.29, 0.717) is 5.75 Å². The maximum atomic E-state index is 12.0. The predicted octanol–water partition coefficient (Wildman–Crippen LogP) is 2.53. The first-order valence-corrected chi connectivity index (χ1v) is 9.10. The van der Waals surface area contributed by atoms with Gasteiger partial charge in [0.2, 0.25) is 5.91 Å². The molecule has 0 radical (unpaired) electrons. The molecule has 0 aliphatic rings. The zero-order valence-corrected chi connectivity index (χ0v) is 15.2. The largest absolute Gasteiger partial charge is 0.396 e. The van der Waals surface area contributed by atoms with E-state index in [1.54, 1.807) is 0 Å². The van der Waals surface area contributed by atoms with E-state index in [0.717, 1.165) is 23.0 Å². The SMILES string of the molecule is Cc1[nH]c(SCC(=O)NC(C)C(C)CO)nc1Cc1ccccc1. The second-order valence-corrected chi connectivity index (χ2v) is 7.04. The highest BCUT2D eigenvalue weighted by molar-refractivity contribution is 7.99. The minimum absolute atomic E-state index is 0.0438. The maximum absolute atomic E-state index is 12.0. The van der Waals surface area contributed by atoms with Gasteiger partial charge in [-0.25, -0.2) is 4.98 Å². The highest BCUT2D eigenvalue weighted by atomic mass is 32.2. The first kappa shape index (κ1) is 18.5. The Morgan fingerprint density at radius 3 is 2.71 bits per heavy atom. The van der Waals surface area contributed by atoms with Gasteiger partial charge in [0.05, 0.1) is 11.4 Å². The van der Waals surface area contributed by atoms with Crippen molar-refractivity contribution in [3.8, 4) is 0 Å². The Labute approximate surface area is 147 Å². The Morgan fingerprint density at radius 2 is 2.04 bits per heavy atom. The third kappa shape index (κ3) is 5.39. The van der Waals surface area contributed by atoms with Crippen LogP contribution in [0.3, 0.4) is 0 Å². The fourth-order valence-electron chi connectivity index (χ4n) is 2.23. The van der Waals surface area contributed by atoms with Crippen LogP contribution < -0.4 is 5.32 Å². The molecule has 0 spiro atoms. The Balaban J connectivity index is 1.87. The molecule has 130 valence electrons. The summed E-state index contributed by atoms with van der Waals surface area (Å²) in [6.07, 6.45) is 0.779. The van der Waals surface area contributed by atoms with E-state index in [9.17, 15) is 4.79 Å². The third-order valence-electron chi connectivity index (χ3n) is 4.05. The topological polar surface area (TPSA) is 78.0 Å². The van der Waals surface area contributed by atoms with Crippen LogP contribution in [0.2, 0.25) is 0 Å². The standard InChI is InChI=1S/C18H25N3O2S/c1-12(10-22)13(2)19-17(23)11-24-18-20-14(3)16(21-18)9-15-7-5-4-6-8-15/h4-8,12-13,22H,9-11H2,1-3H3,(H,19,23)(H,20,21). The normalized spacial score (nSPS) is 13.5. The van der Waals surface area contributed by atoms with E-state index in [1.807, 2.05) is 39.0 Å². The molecule has 0 saturated heterocycles. The van der Waals surface area contributed by atoms with Crippen LogP contribution >= 0.6 is 11.8 Å². The number of hydrogen-bond acceptors (Lipinski definition) is 4. The van der Waals surface area contributed by atoms with Gasteiger partial charge in [0.1, 0.15) is 0 Å². The number of aliphatic hydroxyl groups is 1. The van der Waals surface area contributed by atoms with Crippen molar-refractivity contribution in [2.75, 3.05) is 12.4 Å². The van der Waals surface area contributed by atoms with Crippen molar-refractivity contribution in [1.29, 1.82) is 0 Å². The van der Waals surface area contributed by atoms with Crippen LogP contribution in [0.4, 0.5) is 0 Å². The van der Waals surface area contributed by atoms with Crippen molar-refractivity contribution < 1.29 is 9.90 Å². The summed E-state index contributed by atoms with van der Waals surface area (Å²) >= 11 is 1.39. The highest BCUT2D eigenvalue weighted by Crippen LogP contribution is 2.19. The van der Waals surface area contributed by atoms with Gasteiger partial charge in [-0.15, -0.1) is 0 Å². The fraction of sp³-hybridized carbons (Fsp3) is 0.444. The van der Waals surface area contributed by atoms with Crippen LogP contribution in [0.25, 0.3) is 0 Å². The second-order valence-electron chi connectivity index (χ2n) is 6.08. The van der Waals surface area contributed by atoms with Gasteiger partial charge in [-0.05, 0) is 25.3 Å². The van der Waals surface area contributed by atoms with Gasteiger partial charge in [0, 0.05) is 24.8 Å². The summed E-state index contributed by atoms with van der Waals surface area (Å²) in [6, 6.07) is 10.2. The van der Waals surface area contributed by atoms with Crippen molar-refractivity contribution >= 4 is 17.7 Å². The number of H-pyrrole nitrogens is 1. The Kier molecular flexibility index (Phi) is 6.87. The molecular formula is C18H25N3O2S. The van der Waals surface area contributed by atoms with Crippen molar-refractivity contribution in [3.63, 3.8) is 0 Å². The maximum Gasteiger partial charge on any atom is 0.230 e. The number of aromatic nitrogens is 2. The molecule has 2 unspecified atom stereocenters. The van der Waals surface area contributed by atoms with Gasteiger partial charge in [-0.2, -0.15) is 0 Å². The van der Waals surface area contributed by atoms with Gasteiger partial charge in [-0.1, -0.05) is 49.0 Å². The van der Waals surface area contributed by atoms with E-state index < -0.39 is 0 Å². The molecule has 2 atom stereocenters. The van der Waals surface area contributed by atoms with Crippen LogP contribution in [0.15, 0.2) is 35.5 Å². The zero-order valence-electron chi connectivity index (χ0n) is 14.4. The predicted molar refractivity (Wildman–Crippen MR) is 97.2 cm³/mol. The zero-order chi connectivity index (χ0) is 17.5. The lowest BCUT2D eigenvalue weighted by molar-refractivity contribution is -0.119. The van der Waals surface area contributed by atoms with Crippen LogP contribution in [0.1, 0.15) is 30.8 Å². The number of hydrogen-bond donors (Lipinski definition) is 3. The molecule has 1 heterocycles. The van der Waals surface area contributed by atoms with Crippen molar-refractivity contribution in [2.45, 2.75) is 38.4 Å². The number of amides is 1. The summed E-state index contributed by atoms with van der Waals surface area (Å²) < 4.78 is 0. The number of carbonyl (C=O) groups excluding carboxylic acids is 1. The number of rotatable bonds is 8. The molecule has 0 fully saturated rings. The van der Waals surface area contributed by atoms with E-state index in [1.165, 1.54) is 17.3 Å². The molecule has 24 heavy (non-hydrogen) atoms. The summed E-state index contributed by atoms with van der Waals surface area (Å²) in [5, 5.41) is 12.8. The molecule has 3 N–H and O–H groups in total. The molecule has 1 amide bonds. The second kappa shape index (κ2) is 8.89. The van der Waals surface area contributed by atoms with Gasteiger partial charge >= 0.3 is 0 Å². The van der Waals surface area contributed by atoms with Crippen LogP contribution in [-0.4, -0.2) is 39.4 Å². The number of aryl methyl sites for hydroxylation is 1. The third-order valence-corrected chi connectivity index (χ3v) is 4.92. The van der Waals surface area contributed by atoms with Crippen molar-refractivity contribution in [2.24, 2.45) is 5.92 Å². The van der Waals surface area contributed by atoms with Crippen molar-refractivity contribution in [3.05, 3.63) is 47.3 Å². The monoisotopic (exact) mass is 347 g/mol. The summed E-state index contributed by atoms with van der Waals surface area (Å²) in [6.45, 7) is 5.87. The number of aliphatic hydroxyl groups excluding tert-OH is 1. The average molecular weight is 347 g/mol. The van der Waals surface area contributed by atoms with Gasteiger partial charge < -0.3 is 15.4 Å². The number of aromatic amines is 1. The molecule has 0 aliphatic carbocycles. The Hall–Kier alpha value is -1.79. The number of benzene rings is 1. The summed E-state index contributed by atoms with van der Waals surface area (Å²) in [5.74, 6) is 0.300. The van der Waals surface area contributed by atoms with E-state index in [-0.39, 0.29) is 24.5 Å². The van der Waals surface area contributed by atoms with E-state index >= 15 is 0 Å². The van der Waals surface area contributed by atoms with Crippen LogP contribution in [0, 0.1) is 12.8 Å². The lowest BCUT2D eigenvalue weighted by atomic mass is 10.1. The average Bonchev–Trinajstić information content (AvgIpc) is 2.93. The van der Waals surface area contributed by atoms with E-state index in [4.69, 9.17) is 5.11 Å². The summed E-state index contributed by atoms with van der Waals surface area (Å²) in [4.78, 5) is 19.8. The first-order valence-electron chi connectivity index (χ1n) is 8.12. The number of nitrogens with zero attached hydrogens (tertiary/aromatic N) is 1. The lowest BCUT2D eigenvalue weighted by Crippen LogP contribution is -2.39. The highest BCUT2D eigenvalue weighted by Gasteiger charge is 2.15. The fourth-order valence-corrected chi connectivity index (χ4v) is 2.98. The van der Waals surface area contributed by atoms with E-state index in [2.05, 4.69) is 27.4 Å². The van der Waals surface area contributed by atoms with Gasteiger partial charge in [-0.3, -0.25) is 4.79 Å². The Morgan fingerprint density at radius 1 is 1.33 bits per heavy atom. The molecule has 2 rings (SSSR count). The number of carbonyl (C=O) groups is 1. The smallest absolute Gasteiger partial charge is 0.230 e. The number of nitrogens with one attached hydrogen (secondary N) is 2. The molecule has 0 bridgehead atoms. The number of imidazole rings is 1. The van der Waals surface area contributed by atoms with Gasteiger partial charge in [0.15, 0.2) is 5.16 Å². The molecular weight excluding hydrogens is 322 g/mol. The molecule has 5 nitrogen and oxygen atoms in total. The molecule has 1 aromatic heterocycles. The summed E-state index contributed by atoms with van der Waals surface area (Å²) in [7, 11) is 0. The first-order chi connectivity index (χ1) is 11.5. The summed E-state index contributed by atoms with van der Waals surface area (Å²) in [5.41, 5.74) is 3.25. The molecule has 0 saturated carbocycles.